The third-order valence-electron chi connectivity index (χ3n) is 3.47. The van der Waals surface area contributed by atoms with E-state index in [4.69, 9.17) is 5.11 Å². The summed E-state index contributed by atoms with van der Waals surface area (Å²) in [6.07, 6.45) is 0. The summed E-state index contributed by atoms with van der Waals surface area (Å²) < 4.78 is 0. The number of carbonyl (C=O) groups excluding carboxylic acids is 1. The van der Waals surface area contributed by atoms with Gasteiger partial charge in [0.05, 0.1) is 5.56 Å². The quantitative estimate of drug-likeness (QED) is 0.876. The van der Waals surface area contributed by atoms with E-state index in [0.717, 1.165) is 5.56 Å². The van der Waals surface area contributed by atoms with Gasteiger partial charge < -0.3 is 10.4 Å². The van der Waals surface area contributed by atoms with Gasteiger partial charge in [0.1, 0.15) is 0 Å². The normalized spacial score (nSPS) is 12.3. The fourth-order valence-electron chi connectivity index (χ4n) is 1.77. The summed E-state index contributed by atoms with van der Waals surface area (Å²) >= 11 is 0. The van der Waals surface area contributed by atoms with Crippen molar-refractivity contribution >= 4 is 17.6 Å². The smallest absolute Gasteiger partial charge is 0.336 e. The number of hydrogen-bond acceptors (Lipinski definition) is 2. The Balaban J connectivity index is 3.05. The van der Waals surface area contributed by atoms with Gasteiger partial charge in [0.25, 0.3) is 0 Å². The molecule has 1 aromatic carbocycles. The van der Waals surface area contributed by atoms with Gasteiger partial charge in [-0.2, -0.15) is 0 Å². The van der Waals surface area contributed by atoms with Crippen LogP contribution in [0.15, 0.2) is 12.1 Å². The summed E-state index contributed by atoms with van der Waals surface area (Å²) in [5.74, 6) is -0.943. The van der Waals surface area contributed by atoms with Crippen molar-refractivity contribution < 1.29 is 14.7 Å². The van der Waals surface area contributed by atoms with Crippen LogP contribution < -0.4 is 5.32 Å². The van der Waals surface area contributed by atoms with E-state index in [9.17, 15) is 9.59 Å². The molecule has 4 nitrogen and oxygen atoms in total. The van der Waals surface area contributed by atoms with Crippen molar-refractivity contribution in [1.29, 1.82) is 0 Å². The molecule has 2 N–H and O–H groups in total. The van der Waals surface area contributed by atoms with Crippen molar-refractivity contribution in [2.75, 3.05) is 5.32 Å². The number of carboxylic acids is 1. The molecule has 0 aliphatic rings. The minimum absolute atomic E-state index is 0.0849. The monoisotopic (exact) mass is 263 g/mol. The third kappa shape index (κ3) is 3.56. The van der Waals surface area contributed by atoms with Crippen molar-refractivity contribution in [3.8, 4) is 0 Å². The minimum Gasteiger partial charge on any atom is -0.478 e. The largest absolute Gasteiger partial charge is 0.478 e. The topological polar surface area (TPSA) is 66.4 Å². The van der Waals surface area contributed by atoms with Crippen LogP contribution in [0.2, 0.25) is 0 Å². The summed E-state index contributed by atoms with van der Waals surface area (Å²) in [5.41, 5.74) is 2.35. The van der Waals surface area contributed by atoms with Crippen molar-refractivity contribution in [1.82, 2.24) is 0 Å². The first-order chi connectivity index (χ1) is 8.73. The second kappa shape index (κ2) is 5.87. The van der Waals surface area contributed by atoms with Gasteiger partial charge in [0.15, 0.2) is 0 Å². The van der Waals surface area contributed by atoms with E-state index >= 15 is 0 Å². The van der Waals surface area contributed by atoms with Gasteiger partial charge in [0, 0.05) is 11.6 Å². The van der Waals surface area contributed by atoms with Gasteiger partial charge in [-0.3, -0.25) is 4.79 Å². The summed E-state index contributed by atoms with van der Waals surface area (Å²) in [7, 11) is 0. The lowest BCUT2D eigenvalue weighted by molar-refractivity contribution is -0.120. The van der Waals surface area contributed by atoms with Gasteiger partial charge in [0.2, 0.25) is 5.91 Å². The van der Waals surface area contributed by atoms with Gasteiger partial charge in [-0.05, 0) is 37.0 Å². The third-order valence-corrected chi connectivity index (χ3v) is 3.47. The molecule has 0 fully saturated rings. The van der Waals surface area contributed by atoms with Gasteiger partial charge >= 0.3 is 5.97 Å². The molecule has 1 atom stereocenters. The molecule has 1 aromatic rings. The number of aromatic carboxylic acids is 1. The summed E-state index contributed by atoms with van der Waals surface area (Å²) in [6, 6.07) is 3.30. The van der Waals surface area contributed by atoms with E-state index in [1.807, 2.05) is 27.7 Å². The molecule has 0 spiro atoms. The first kappa shape index (κ1) is 15.2. The van der Waals surface area contributed by atoms with Crippen molar-refractivity contribution in [3.05, 3.63) is 28.8 Å². The van der Waals surface area contributed by atoms with Crippen molar-refractivity contribution in [3.63, 3.8) is 0 Å². The van der Waals surface area contributed by atoms with Gasteiger partial charge in [-0.1, -0.05) is 26.8 Å². The van der Waals surface area contributed by atoms with Crippen molar-refractivity contribution in [2.24, 2.45) is 11.8 Å². The molecule has 1 amide bonds. The highest BCUT2D eigenvalue weighted by Crippen LogP contribution is 2.22. The molecular formula is C15H21NO3. The molecule has 0 heterocycles. The van der Waals surface area contributed by atoms with Crippen LogP contribution in [0.5, 0.6) is 0 Å². The van der Waals surface area contributed by atoms with Crippen LogP contribution in [-0.4, -0.2) is 17.0 Å². The summed E-state index contributed by atoms with van der Waals surface area (Å²) in [5, 5.41) is 11.9. The molecule has 0 radical (unpaired) electrons. The summed E-state index contributed by atoms with van der Waals surface area (Å²) in [6.45, 7) is 9.43. The van der Waals surface area contributed by atoms with Crippen LogP contribution in [-0.2, 0) is 4.79 Å². The zero-order chi connectivity index (χ0) is 14.7. The van der Waals surface area contributed by atoms with Crippen LogP contribution >= 0.6 is 0 Å². The maximum Gasteiger partial charge on any atom is 0.336 e. The summed E-state index contributed by atoms with van der Waals surface area (Å²) in [4.78, 5) is 23.1. The number of aryl methyl sites for hydroxylation is 2. The molecule has 0 bridgehead atoms. The number of carboxylic acid groups (broad SMARTS) is 1. The molecule has 1 rings (SSSR count). The Morgan fingerprint density at radius 1 is 1.11 bits per heavy atom. The highest BCUT2D eigenvalue weighted by atomic mass is 16.4. The molecule has 0 aromatic heterocycles. The second-order valence-electron chi connectivity index (χ2n) is 5.31. The van der Waals surface area contributed by atoms with Gasteiger partial charge in [-0.25, -0.2) is 4.79 Å². The number of rotatable bonds is 4. The van der Waals surface area contributed by atoms with Crippen molar-refractivity contribution in [2.45, 2.75) is 34.6 Å². The SMILES string of the molecule is Cc1cc(C)c(C(=O)O)cc1NC(=O)C(C)C(C)C. The Labute approximate surface area is 113 Å². The Kier molecular flexibility index (Phi) is 4.70. The van der Waals surface area contributed by atoms with Crippen LogP contribution in [0.4, 0.5) is 5.69 Å². The van der Waals surface area contributed by atoms with Gasteiger partial charge in [-0.15, -0.1) is 0 Å². The number of nitrogens with one attached hydrogen (secondary N) is 1. The fourth-order valence-corrected chi connectivity index (χ4v) is 1.77. The number of benzene rings is 1. The predicted octanol–water partition coefficient (Wildman–Crippen LogP) is 3.23. The van der Waals surface area contributed by atoms with Crippen LogP contribution in [0.25, 0.3) is 0 Å². The molecule has 0 saturated carbocycles. The van der Waals surface area contributed by atoms with E-state index in [1.165, 1.54) is 6.07 Å². The zero-order valence-corrected chi connectivity index (χ0v) is 12.1. The maximum absolute atomic E-state index is 12.0. The highest BCUT2D eigenvalue weighted by molar-refractivity contribution is 5.96. The van der Waals surface area contributed by atoms with E-state index in [2.05, 4.69) is 5.32 Å². The number of anilines is 1. The van der Waals surface area contributed by atoms with E-state index in [-0.39, 0.29) is 23.3 Å². The molecule has 0 aliphatic heterocycles. The van der Waals surface area contributed by atoms with E-state index in [1.54, 1.807) is 13.0 Å². The Morgan fingerprint density at radius 3 is 2.16 bits per heavy atom. The Bertz CT molecular complexity index is 506. The number of carbonyl (C=O) groups is 2. The molecule has 19 heavy (non-hydrogen) atoms. The Morgan fingerprint density at radius 2 is 1.68 bits per heavy atom. The molecule has 104 valence electrons. The lowest BCUT2D eigenvalue weighted by Gasteiger charge is -2.17. The zero-order valence-electron chi connectivity index (χ0n) is 12.1. The standard InChI is InChI=1S/C15H21NO3/c1-8(2)11(5)14(17)16-13-7-12(15(18)19)9(3)6-10(13)4/h6-8,11H,1-5H3,(H,16,17)(H,18,19). The lowest BCUT2D eigenvalue weighted by atomic mass is 9.96. The fraction of sp³-hybridized carbons (Fsp3) is 0.467. The second-order valence-corrected chi connectivity index (χ2v) is 5.31. The average molecular weight is 263 g/mol. The molecule has 4 heteroatoms. The molecule has 0 saturated heterocycles. The predicted molar refractivity (Wildman–Crippen MR) is 75.5 cm³/mol. The molecule has 1 unspecified atom stereocenters. The van der Waals surface area contributed by atoms with Crippen LogP contribution in [0.3, 0.4) is 0 Å². The van der Waals surface area contributed by atoms with Crippen LogP contribution in [0.1, 0.15) is 42.3 Å². The van der Waals surface area contributed by atoms with E-state index < -0.39 is 5.97 Å². The average Bonchev–Trinajstić information content (AvgIpc) is 2.30. The first-order valence-corrected chi connectivity index (χ1v) is 6.39. The highest BCUT2D eigenvalue weighted by Gasteiger charge is 2.18. The van der Waals surface area contributed by atoms with Crippen LogP contribution in [0, 0.1) is 25.7 Å². The van der Waals surface area contributed by atoms with E-state index in [0.29, 0.717) is 11.3 Å². The lowest BCUT2D eigenvalue weighted by Crippen LogP contribution is -2.24. The Hall–Kier alpha value is -1.84. The molecule has 0 aliphatic carbocycles. The maximum atomic E-state index is 12.0. The number of amides is 1. The minimum atomic E-state index is -0.982. The number of hydrogen-bond donors (Lipinski definition) is 2. The molecular weight excluding hydrogens is 242 g/mol. The first-order valence-electron chi connectivity index (χ1n) is 6.39.